The lowest BCUT2D eigenvalue weighted by molar-refractivity contribution is -0.123. The molecule has 2 N–H and O–H groups in total. The molecule has 0 aliphatic carbocycles. The van der Waals surface area contributed by atoms with Gasteiger partial charge in [0.25, 0.3) is 0 Å². The Labute approximate surface area is 110 Å². The molecule has 0 radical (unpaired) electrons. The average molecular weight is 253 g/mol. The van der Waals surface area contributed by atoms with E-state index < -0.39 is 0 Å². The van der Waals surface area contributed by atoms with Gasteiger partial charge in [0, 0.05) is 19.1 Å². The highest BCUT2D eigenvalue weighted by Crippen LogP contribution is 2.27. The molecule has 3 aliphatic rings. The van der Waals surface area contributed by atoms with Gasteiger partial charge in [-0.1, -0.05) is 13.8 Å². The van der Waals surface area contributed by atoms with E-state index in [0.29, 0.717) is 12.0 Å². The molecule has 0 spiro atoms. The standard InChI is InChI=1S/C14H27N3O/c1-10(2)8-15-14(18)11(3)16-13-9-17-6-4-12(13)5-7-17/h10-13,16H,4-9H2,1-3H3,(H,15,18). The van der Waals surface area contributed by atoms with E-state index in [1.165, 1.54) is 25.9 Å². The normalized spacial score (nSPS) is 32.6. The molecule has 3 saturated heterocycles. The summed E-state index contributed by atoms with van der Waals surface area (Å²) in [6.45, 7) is 10.6. The molecule has 0 aromatic heterocycles. The number of rotatable bonds is 5. The molecule has 104 valence electrons. The van der Waals surface area contributed by atoms with Crippen LogP contribution in [0.25, 0.3) is 0 Å². The number of carbonyl (C=O) groups excluding carboxylic acids is 1. The fourth-order valence-electron chi connectivity index (χ4n) is 3.01. The van der Waals surface area contributed by atoms with E-state index in [4.69, 9.17) is 0 Å². The Morgan fingerprint density at radius 2 is 1.94 bits per heavy atom. The summed E-state index contributed by atoms with van der Waals surface area (Å²) < 4.78 is 0. The Bertz CT molecular complexity index is 285. The highest BCUT2D eigenvalue weighted by Gasteiger charge is 2.35. The zero-order chi connectivity index (χ0) is 13.1. The van der Waals surface area contributed by atoms with E-state index in [9.17, 15) is 4.79 Å². The first kappa shape index (κ1) is 13.8. The number of amides is 1. The van der Waals surface area contributed by atoms with Crippen molar-refractivity contribution < 1.29 is 4.79 Å². The van der Waals surface area contributed by atoms with Crippen LogP contribution >= 0.6 is 0 Å². The summed E-state index contributed by atoms with van der Waals surface area (Å²) in [6.07, 6.45) is 2.58. The van der Waals surface area contributed by atoms with Gasteiger partial charge in [-0.3, -0.25) is 4.79 Å². The Kier molecular flexibility index (Phi) is 4.62. The van der Waals surface area contributed by atoms with Gasteiger partial charge in [0.1, 0.15) is 0 Å². The number of nitrogens with one attached hydrogen (secondary N) is 2. The Balaban J connectivity index is 1.76. The Morgan fingerprint density at radius 1 is 1.28 bits per heavy atom. The first-order chi connectivity index (χ1) is 8.56. The van der Waals surface area contributed by atoms with E-state index >= 15 is 0 Å². The number of hydrogen-bond acceptors (Lipinski definition) is 3. The predicted octanol–water partition coefficient (Wildman–Crippen LogP) is 0.831. The van der Waals surface area contributed by atoms with Crippen LogP contribution in [0, 0.1) is 11.8 Å². The molecular formula is C14H27N3O. The monoisotopic (exact) mass is 253 g/mol. The lowest BCUT2D eigenvalue weighted by atomic mass is 9.83. The van der Waals surface area contributed by atoms with Crippen LogP contribution in [0.15, 0.2) is 0 Å². The zero-order valence-corrected chi connectivity index (χ0v) is 11.9. The smallest absolute Gasteiger partial charge is 0.236 e. The van der Waals surface area contributed by atoms with Gasteiger partial charge in [-0.15, -0.1) is 0 Å². The SMILES string of the molecule is CC(C)CNC(=O)C(C)NC1CN2CCC1CC2. The minimum Gasteiger partial charge on any atom is -0.354 e. The number of nitrogens with zero attached hydrogens (tertiary/aromatic N) is 1. The van der Waals surface area contributed by atoms with Gasteiger partial charge in [-0.2, -0.15) is 0 Å². The molecule has 2 unspecified atom stereocenters. The van der Waals surface area contributed by atoms with Gasteiger partial charge in [-0.05, 0) is 44.7 Å². The van der Waals surface area contributed by atoms with Crippen molar-refractivity contribution >= 4 is 5.91 Å². The van der Waals surface area contributed by atoms with Gasteiger partial charge in [-0.25, -0.2) is 0 Å². The maximum absolute atomic E-state index is 11.9. The van der Waals surface area contributed by atoms with Gasteiger partial charge in [0.15, 0.2) is 0 Å². The van der Waals surface area contributed by atoms with Gasteiger partial charge in [0.05, 0.1) is 6.04 Å². The first-order valence-corrected chi connectivity index (χ1v) is 7.32. The van der Waals surface area contributed by atoms with Crippen molar-refractivity contribution in [3.8, 4) is 0 Å². The third kappa shape index (κ3) is 3.45. The summed E-state index contributed by atoms with van der Waals surface area (Å²) in [5, 5.41) is 6.52. The van der Waals surface area contributed by atoms with Crippen molar-refractivity contribution in [2.75, 3.05) is 26.2 Å². The van der Waals surface area contributed by atoms with Crippen LogP contribution in [0.3, 0.4) is 0 Å². The van der Waals surface area contributed by atoms with Gasteiger partial charge < -0.3 is 15.5 Å². The third-order valence-electron chi connectivity index (χ3n) is 4.20. The predicted molar refractivity (Wildman–Crippen MR) is 73.4 cm³/mol. The largest absolute Gasteiger partial charge is 0.354 e. The second kappa shape index (κ2) is 6.02. The van der Waals surface area contributed by atoms with E-state index in [1.807, 2.05) is 6.92 Å². The molecule has 4 nitrogen and oxygen atoms in total. The average Bonchev–Trinajstić information content (AvgIpc) is 2.37. The highest BCUT2D eigenvalue weighted by atomic mass is 16.2. The molecule has 0 saturated carbocycles. The number of piperidine rings is 3. The maximum Gasteiger partial charge on any atom is 0.236 e. The van der Waals surface area contributed by atoms with Crippen molar-refractivity contribution in [3.63, 3.8) is 0 Å². The molecule has 2 atom stereocenters. The van der Waals surface area contributed by atoms with Crippen LogP contribution in [-0.4, -0.2) is 49.1 Å². The van der Waals surface area contributed by atoms with Crippen LogP contribution in [0.2, 0.25) is 0 Å². The quantitative estimate of drug-likeness (QED) is 0.763. The second-order valence-electron chi connectivity index (χ2n) is 6.27. The molecule has 0 aromatic carbocycles. The minimum atomic E-state index is -0.0747. The lowest BCUT2D eigenvalue weighted by Gasteiger charge is -2.45. The molecular weight excluding hydrogens is 226 g/mol. The van der Waals surface area contributed by atoms with Crippen LogP contribution in [0.1, 0.15) is 33.6 Å². The molecule has 3 aliphatic heterocycles. The van der Waals surface area contributed by atoms with Crippen LogP contribution in [-0.2, 0) is 4.79 Å². The summed E-state index contributed by atoms with van der Waals surface area (Å²) in [5.41, 5.74) is 0. The van der Waals surface area contributed by atoms with Crippen LogP contribution < -0.4 is 10.6 Å². The molecule has 18 heavy (non-hydrogen) atoms. The van der Waals surface area contributed by atoms with Crippen molar-refractivity contribution in [3.05, 3.63) is 0 Å². The fourth-order valence-corrected chi connectivity index (χ4v) is 3.01. The maximum atomic E-state index is 11.9. The van der Waals surface area contributed by atoms with Gasteiger partial charge >= 0.3 is 0 Å². The van der Waals surface area contributed by atoms with Crippen LogP contribution in [0.5, 0.6) is 0 Å². The lowest BCUT2D eigenvalue weighted by Crippen LogP contribution is -2.59. The fraction of sp³-hybridized carbons (Fsp3) is 0.929. The molecule has 1 amide bonds. The highest BCUT2D eigenvalue weighted by molar-refractivity contribution is 5.81. The van der Waals surface area contributed by atoms with Gasteiger partial charge in [0.2, 0.25) is 5.91 Å². The molecule has 3 heterocycles. The first-order valence-electron chi connectivity index (χ1n) is 7.32. The van der Waals surface area contributed by atoms with E-state index in [-0.39, 0.29) is 11.9 Å². The topological polar surface area (TPSA) is 44.4 Å². The summed E-state index contributed by atoms with van der Waals surface area (Å²) >= 11 is 0. The van der Waals surface area contributed by atoms with Crippen molar-refractivity contribution in [1.82, 2.24) is 15.5 Å². The van der Waals surface area contributed by atoms with E-state index in [0.717, 1.165) is 19.0 Å². The summed E-state index contributed by atoms with van der Waals surface area (Å²) in [5.74, 6) is 1.42. The minimum absolute atomic E-state index is 0.0747. The van der Waals surface area contributed by atoms with Crippen molar-refractivity contribution in [1.29, 1.82) is 0 Å². The van der Waals surface area contributed by atoms with Crippen molar-refractivity contribution in [2.45, 2.75) is 45.7 Å². The number of carbonyl (C=O) groups is 1. The summed E-state index contributed by atoms with van der Waals surface area (Å²) in [7, 11) is 0. The molecule has 0 aromatic rings. The Morgan fingerprint density at radius 3 is 2.44 bits per heavy atom. The Hall–Kier alpha value is -0.610. The summed E-state index contributed by atoms with van der Waals surface area (Å²) in [4.78, 5) is 14.5. The van der Waals surface area contributed by atoms with E-state index in [1.54, 1.807) is 0 Å². The summed E-state index contributed by atoms with van der Waals surface area (Å²) in [6, 6.07) is 0.432. The second-order valence-corrected chi connectivity index (χ2v) is 6.27. The zero-order valence-electron chi connectivity index (χ0n) is 11.9. The van der Waals surface area contributed by atoms with Crippen LogP contribution in [0.4, 0.5) is 0 Å². The molecule has 2 bridgehead atoms. The molecule has 3 rings (SSSR count). The third-order valence-corrected chi connectivity index (χ3v) is 4.20. The number of fused-ring (bicyclic) bond motifs is 3. The van der Waals surface area contributed by atoms with Crippen molar-refractivity contribution in [2.24, 2.45) is 11.8 Å². The molecule has 4 heteroatoms. The van der Waals surface area contributed by atoms with E-state index in [2.05, 4.69) is 29.4 Å². The molecule has 3 fully saturated rings. The number of hydrogen-bond donors (Lipinski definition) is 2.